The van der Waals surface area contributed by atoms with Gasteiger partial charge in [-0.25, -0.2) is 4.39 Å². The first-order valence-electron chi connectivity index (χ1n) is 4.81. The number of halogens is 2. The molecule has 0 spiro atoms. The zero-order valence-corrected chi connectivity index (χ0v) is 10.1. The van der Waals surface area contributed by atoms with Crippen LogP contribution in [0.2, 0.25) is 0 Å². The Morgan fingerprint density at radius 1 is 1.50 bits per heavy atom. The van der Waals surface area contributed by atoms with Crippen LogP contribution in [-0.2, 0) is 6.54 Å². The molecule has 3 heteroatoms. The number of hydrogen-bond donors (Lipinski definition) is 1. The van der Waals surface area contributed by atoms with Crippen molar-refractivity contribution in [2.45, 2.75) is 32.9 Å². The molecule has 1 aromatic carbocycles. The van der Waals surface area contributed by atoms with Gasteiger partial charge >= 0.3 is 0 Å². The van der Waals surface area contributed by atoms with Crippen molar-refractivity contribution in [3.05, 3.63) is 34.1 Å². The standard InChI is InChI=1S/C11H15BrFN/c1-3-8(2)14-7-9-5-4-6-10(13)11(9)12/h4-6,8,14H,3,7H2,1-2H3. The molecule has 1 N–H and O–H groups in total. The summed E-state index contributed by atoms with van der Waals surface area (Å²) >= 11 is 3.24. The van der Waals surface area contributed by atoms with Gasteiger partial charge in [0.2, 0.25) is 0 Å². The minimum absolute atomic E-state index is 0.201. The Hall–Kier alpha value is -0.410. The van der Waals surface area contributed by atoms with E-state index in [1.54, 1.807) is 6.07 Å². The SMILES string of the molecule is CCC(C)NCc1cccc(F)c1Br. The fourth-order valence-electron chi connectivity index (χ4n) is 1.11. The van der Waals surface area contributed by atoms with Crippen molar-refractivity contribution in [1.29, 1.82) is 0 Å². The van der Waals surface area contributed by atoms with E-state index in [1.165, 1.54) is 6.07 Å². The van der Waals surface area contributed by atoms with Crippen LogP contribution in [0.3, 0.4) is 0 Å². The molecule has 0 aromatic heterocycles. The Morgan fingerprint density at radius 2 is 2.21 bits per heavy atom. The first-order valence-corrected chi connectivity index (χ1v) is 5.60. The van der Waals surface area contributed by atoms with Gasteiger partial charge in [-0.15, -0.1) is 0 Å². The predicted molar refractivity (Wildman–Crippen MR) is 60.7 cm³/mol. The second-order valence-corrected chi connectivity index (χ2v) is 4.20. The second kappa shape index (κ2) is 5.47. The monoisotopic (exact) mass is 259 g/mol. The summed E-state index contributed by atoms with van der Waals surface area (Å²) in [6.07, 6.45) is 1.08. The van der Waals surface area contributed by atoms with Gasteiger partial charge in [-0.05, 0) is 40.9 Å². The smallest absolute Gasteiger partial charge is 0.137 e. The van der Waals surface area contributed by atoms with E-state index >= 15 is 0 Å². The normalized spacial score (nSPS) is 12.9. The van der Waals surface area contributed by atoms with Crippen LogP contribution in [0.15, 0.2) is 22.7 Å². The maximum atomic E-state index is 13.1. The van der Waals surface area contributed by atoms with Gasteiger partial charge in [0.05, 0.1) is 4.47 Å². The van der Waals surface area contributed by atoms with Crippen LogP contribution in [0.1, 0.15) is 25.8 Å². The molecule has 0 radical (unpaired) electrons. The van der Waals surface area contributed by atoms with E-state index in [0.717, 1.165) is 12.0 Å². The van der Waals surface area contributed by atoms with Gasteiger partial charge in [-0.1, -0.05) is 19.1 Å². The van der Waals surface area contributed by atoms with Gasteiger partial charge in [0, 0.05) is 12.6 Å². The Morgan fingerprint density at radius 3 is 2.86 bits per heavy atom. The van der Waals surface area contributed by atoms with Crippen LogP contribution in [0.5, 0.6) is 0 Å². The summed E-state index contributed by atoms with van der Waals surface area (Å²) < 4.78 is 13.7. The third-order valence-corrected chi connectivity index (χ3v) is 3.17. The first-order chi connectivity index (χ1) is 6.65. The molecule has 1 atom stereocenters. The van der Waals surface area contributed by atoms with E-state index in [4.69, 9.17) is 0 Å². The van der Waals surface area contributed by atoms with Gasteiger partial charge < -0.3 is 5.32 Å². The summed E-state index contributed by atoms with van der Waals surface area (Å²) in [5.41, 5.74) is 0.963. The summed E-state index contributed by atoms with van der Waals surface area (Å²) in [6, 6.07) is 5.57. The van der Waals surface area contributed by atoms with Crippen molar-refractivity contribution in [2.24, 2.45) is 0 Å². The van der Waals surface area contributed by atoms with Crippen LogP contribution in [0.25, 0.3) is 0 Å². The van der Waals surface area contributed by atoms with E-state index in [0.29, 0.717) is 17.1 Å². The van der Waals surface area contributed by atoms with Gasteiger partial charge in [-0.3, -0.25) is 0 Å². The fourth-order valence-corrected chi connectivity index (χ4v) is 1.52. The van der Waals surface area contributed by atoms with Crippen LogP contribution in [0.4, 0.5) is 4.39 Å². The molecule has 0 saturated carbocycles. The molecule has 0 amide bonds. The van der Waals surface area contributed by atoms with Crippen LogP contribution in [0, 0.1) is 5.82 Å². The lowest BCUT2D eigenvalue weighted by Gasteiger charge is -2.12. The molecular weight excluding hydrogens is 245 g/mol. The van der Waals surface area contributed by atoms with Crippen LogP contribution >= 0.6 is 15.9 Å². The van der Waals surface area contributed by atoms with E-state index in [9.17, 15) is 4.39 Å². The lowest BCUT2D eigenvalue weighted by atomic mass is 10.2. The number of hydrogen-bond acceptors (Lipinski definition) is 1. The molecule has 1 aromatic rings. The largest absolute Gasteiger partial charge is 0.310 e. The van der Waals surface area contributed by atoms with Gasteiger partial charge in [0.15, 0.2) is 0 Å². The van der Waals surface area contributed by atoms with Crippen molar-refractivity contribution in [1.82, 2.24) is 5.32 Å². The highest BCUT2D eigenvalue weighted by Crippen LogP contribution is 2.20. The highest BCUT2D eigenvalue weighted by atomic mass is 79.9. The molecular formula is C11H15BrFN. The minimum atomic E-state index is -0.201. The summed E-state index contributed by atoms with van der Waals surface area (Å²) in [5, 5.41) is 3.32. The highest BCUT2D eigenvalue weighted by molar-refractivity contribution is 9.10. The Labute approximate surface area is 92.8 Å². The average molecular weight is 260 g/mol. The number of benzene rings is 1. The minimum Gasteiger partial charge on any atom is -0.310 e. The van der Waals surface area contributed by atoms with E-state index in [1.807, 2.05) is 6.07 Å². The molecule has 0 saturated heterocycles. The summed E-state index contributed by atoms with van der Waals surface area (Å²) in [4.78, 5) is 0. The lowest BCUT2D eigenvalue weighted by Crippen LogP contribution is -2.24. The van der Waals surface area contributed by atoms with E-state index in [-0.39, 0.29) is 5.82 Å². The molecule has 0 aliphatic rings. The fraction of sp³-hybridized carbons (Fsp3) is 0.455. The summed E-state index contributed by atoms with van der Waals surface area (Å²) in [7, 11) is 0. The maximum Gasteiger partial charge on any atom is 0.137 e. The number of nitrogens with one attached hydrogen (secondary N) is 1. The first kappa shape index (κ1) is 11.7. The van der Waals surface area contributed by atoms with Crippen LogP contribution in [-0.4, -0.2) is 6.04 Å². The Balaban J connectivity index is 2.63. The van der Waals surface area contributed by atoms with Crippen molar-refractivity contribution in [3.8, 4) is 0 Å². The van der Waals surface area contributed by atoms with Crippen molar-refractivity contribution in [3.63, 3.8) is 0 Å². The highest BCUT2D eigenvalue weighted by Gasteiger charge is 2.05. The maximum absolute atomic E-state index is 13.1. The summed E-state index contributed by atoms with van der Waals surface area (Å²) in [5.74, 6) is -0.201. The van der Waals surface area contributed by atoms with E-state index in [2.05, 4.69) is 35.1 Å². The molecule has 0 fully saturated rings. The van der Waals surface area contributed by atoms with Crippen molar-refractivity contribution >= 4 is 15.9 Å². The Kier molecular flexibility index (Phi) is 4.55. The quantitative estimate of drug-likeness (QED) is 0.873. The molecule has 14 heavy (non-hydrogen) atoms. The topological polar surface area (TPSA) is 12.0 Å². The van der Waals surface area contributed by atoms with Gasteiger partial charge in [0.1, 0.15) is 5.82 Å². The lowest BCUT2D eigenvalue weighted by molar-refractivity contribution is 0.530. The molecule has 78 valence electrons. The van der Waals surface area contributed by atoms with Crippen molar-refractivity contribution in [2.75, 3.05) is 0 Å². The Bertz CT molecular complexity index is 301. The summed E-state index contributed by atoms with van der Waals surface area (Å²) in [6.45, 7) is 4.94. The van der Waals surface area contributed by atoms with Gasteiger partial charge in [-0.2, -0.15) is 0 Å². The molecule has 0 heterocycles. The second-order valence-electron chi connectivity index (χ2n) is 3.40. The molecule has 0 aliphatic heterocycles. The molecule has 1 nitrogen and oxygen atoms in total. The van der Waals surface area contributed by atoms with E-state index < -0.39 is 0 Å². The van der Waals surface area contributed by atoms with Crippen LogP contribution < -0.4 is 5.32 Å². The zero-order valence-electron chi connectivity index (χ0n) is 8.48. The predicted octanol–water partition coefficient (Wildman–Crippen LogP) is 3.48. The third-order valence-electron chi connectivity index (χ3n) is 2.28. The molecule has 1 unspecified atom stereocenters. The third kappa shape index (κ3) is 3.07. The molecule has 1 rings (SSSR count). The average Bonchev–Trinajstić information content (AvgIpc) is 2.20. The van der Waals surface area contributed by atoms with Crippen molar-refractivity contribution < 1.29 is 4.39 Å². The number of rotatable bonds is 4. The van der Waals surface area contributed by atoms with Gasteiger partial charge in [0.25, 0.3) is 0 Å². The molecule has 0 aliphatic carbocycles. The zero-order chi connectivity index (χ0) is 10.6. The molecule has 0 bridgehead atoms.